The third kappa shape index (κ3) is 3.32. The van der Waals surface area contributed by atoms with E-state index < -0.39 is 0 Å². The van der Waals surface area contributed by atoms with Crippen LogP contribution in [0.5, 0.6) is 0 Å². The Morgan fingerprint density at radius 3 is 3.17 bits per heavy atom. The van der Waals surface area contributed by atoms with E-state index >= 15 is 0 Å². The molecule has 2 rings (SSSR count). The lowest BCUT2D eigenvalue weighted by atomic mass is 9.94. The fourth-order valence-electron chi connectivity index (χ4n) is 2.18. The lowest BCUT2D eigenvalue weighted by Crippen LogP contribution is -2.40. The zero-order valence-corrected chi connectivity index (χ0v) is 10.5. The summed E-state index contributed by atoms with van der Waals surface area (Å²) in [5.41, 5.74) is 2.37. The van der Waals surface area contributed by atoms with Crippen LogP contribution in [0.1, 0.15) is 31.0 Å². The van der Waals surface area contributed by atoms with E-state index in [9.17, 15) is 9.59 Å². The molecule has 0 saturated carbocycles. The van der Waals surface area contributed by atoms with Gasteiger partial charge in [0.25, 0.3) is 0 Å². The highest BCUT2D eigenvalue weighted by Gasteiger charge is 2.21. The van der Waals surface area contributed by atoms with Crippen LogP contribution in [0.3, 0.4) is 0 Å². The third-order valence-corrected chi connectivity index (χ3v) is 3.11. The van der Waals surface area contributed by atoms with Crippen molar-refractivity contribution in [2.75, 3.05) is 6.54 Å². The summed E-state index contributed by atoms with van der Waals surface area (Å²) in [5.74, 6) is -0.126. The number of hydrogen-bond donors (Lipinski definition) is 3. The second-order valence-corrected chi connectivity index (χ2v) is 4.61. The monoisotopic (exact) mass is 250 g/mol. The average Bonchev–Trinajstić information content (AvgIpc) is 2.75. The minimum Gasteiger partial charge on any atom is -0.356 e. The maximum Gasteiger partial charge on any atom is 0.221 e. The second kappa shape index (κ2) is 5.66. The van der Waals surface area contributed by atoms with Gasteiger partial charge in [0.05, 0.1) is 6.20 Å². The summed E-state index contributed by atoms with van der Waals surface area (Å²) in [7, 11) is 0. The molecular weight excluding hydrogens is 232 g/mol. The highest BCUT2D eigenvalue weighted by molar-refractivity contribution is 5.78. The highest BCUT2D eigenvalue weighted by Crippen LogP contribution is 2.18. The first-order valence-electron chi connectivity index (χ1n) is 6.20. The highest BCUT2D eigenvalue weighted by atomic mass is 16.2. The maximum atomic E-state index is 11.7. The van der Waals surface area contributed by atoms with Gasteiger partial charge < -0.3 is 10.6 Å². The van der Waals surface area contributed by atoms with E-state index in [0.29, 0.717) is 13.0 Å². The number of fused-ring (bicyclic) bond motifs is 1. The summed E-state index contributed by atoms with van der Waals surface area (Å²) >= 11 is 0. The van der Waals surface area contributed by atoms with Crippen LogP contribution in [0.2, 0.25) is 0 Å². The number of carbonyl (C=O) groups excluding carboxylic acids is 2. The Kier molecular flexibility index (Phi) is 3.96. The Labute approximate surface area is 106 Å². The van der Waals surface area contributed by atoms with Gasteiger partial charge in [-0.05, 0) is 18.4 Å². The van der Waals surface area contributed by atoms with E-state index in [2.05, 4.69) is 20.8 Å². The van der Waals surface area contributed by atoms with Gasteiger partial charge in [-0.2, -0.15) is 5.10 Å². The van der Waals surface area contributed by atoms with E-state index in [1.54, 1.807) is 0 Å². The molecule has 1 aromatic heterocycles. The van der Waals surface area contributed by atoms with E-state index in [0.717, 1.165) is 25.0 Å². The number of carbonyl (C=O) groups is 2. The normalized spacial score (nSPS) is 17.9. The molecule has 98 valence electrons. The van der Waals surface area contributed by atoms with Gasteiger partial charge in [-0.25, -0.2) is 0 Å². The zero-order valence-electron chi connectivity index (χ0n) is 10.5. The van der Waals surface area contributed by atoms with E-state index in [1.165, 1.54) is 12.5 Å². The first-order valence-corrected chi connectivity index (χ1v) is 6.20. The Morgan fingerprint density at radius 1 is 1.56 bits per heavy atom. The quantitative estimate of drug-likeness (QED) is 0.698. The van der Waals surface area contributed by atoms with Gasteiger partial charge in [0.15, 0.2) is 0 Å². The van der Waals surface area contributed by atoms with Gasteiger partial charge >= 0.3 is 0 Å². The predicted octanol–water partition coefficient (Wildman–Crippen LogP) is -0.0906. The number of hydrogen-bond acceptors (Lipinski definition) is 3. The van der Waals surface area contributed by atoms with Crippen LogP contribution < -0.4 is 10.6 Å². The second-order valence-electron chi connectivity index (χ2n) is 4.61. The molecule has 0 bridgehead atoms. The van der Waals surface area contributed by atoms with E-state index in [4.69, 9.17) is 0 Å². The summed E-state index contributed by atoms with van der Waals surface area (Å²) in [4.78, 5) is 22.3. The molecule has 1 aromatic rings. The van der Waals surface area contributed by atoms with Crippen molar-refractivity contribution in [3.63, 3.8) is 0 Å². The molecule has 3 N–H and O–H groups in total. The lowest BCUT2D eigenvalue weighted by Gasteiger charge is -2.22. The van der Waals surface area contributed by atoms with Crippen LogP contribution in [-0.4, -0.2) is 34.6 Å². The molecule has 18 heavy (non-hydrogen) atoms. The molecule has 1 aliphatic carbocycles. The maximum absolute atomic E-state index is 11.7. The van der Waals surface area contributed by atoms with E-state index in [-0.39, 0.29) is 17.9 Å². The third-order valence-electron chi connectivity index (χ3n) is 3.11. The molecule has 0 saturated heterocycles. The fourth-order valence-corrected chi connectivity index (χ4v) is 2.18. The van der Waals surface area contributed by atoms with Crippen molar-refractivity contribution in [3.8, 4) is 0 Å². The Bertz CT molecular complexity index is 441. The van der Waals surface area contributed by atoms with Gasteiger partial charge in [-0.3, -0.25) is 14.7 Å². The minimum absolute atomic E-state index is 0.0169. The molecule has 1 heterocycles. The van der Waals surface area contributed by atoms with Gasteiger partial charge in [0, 0.05) is 38.0 Å². The Morgan fingerprint density at radius 2 is 2.39 bits per heavy atom. The van der Waals surface area contributed by atoms with Crippen molar-refractivity contribution in [3.05, 3.63) is 17.5 Å². The van der Waals surface area contributed by atoms with Crippen LogP contribution >= 0.6 is 0 Å². The largest absolute Gasteiger partial charge is 0.356 e. The number of aromatic amines is 1. The average molecular weight is 250 g/mol. The topological polar surface area (TPSA) is 86.9 Å². The molecule has 2 amide bonds. The molecule has 0 radical (unpaired) electrons. The van der Waals surface area contributed by atoms with Crippen molar-refractivity contribution in [2.45, 2.75) is 38.6 Å². The molecule has 0 unspecified atom stereocenters. The zero-order chi connectivity index (χ0) is 13.0. The summed E-state index contributed by atoms with van der Waals surface area (Å²) in [6.45, 7) is 1.84. The van der Waals surface area contributed by atoms with Crippen molar-refractivity contribution < 1.29 is 9.59 Å². The molecule has 1 atom stereocenters. The number of rotatable bonds is 4. The first-order chi connectivity index (χ1) is 8.65. The Balaban J connectivity index is 1.74. The summed E-state index contributed by atoms with van der Waals surface area (Å²) in [5, 5.41) is 12.6. The van der Waals surface area contributed by atoms with Crippen LogP contribution in [-0.2, 0) is 22.4 Å². The summed E-state index contributed by atoms with van der Waals surface area (Å²) < 4.78 is 0. The SMILES string of the molecule is CC(=O)NCCC(=O)N[C@H]1CCc2cn[nH]c2C1. The fraction of sp³-hybridized carbons (Fsp3) is 0.583. The van der Waals surface area contributed by atoms with Gasteiger partial charge in [0.2, 0.25) is 11.8 Å². The molecule has 0 aromatic carbocycles. The number of aromatic nitrogens is 2. The summed E-state index contributed by atoms with van der Waals surface area (Å²) in [6.07, 6.45) is 4.87. The van der Waals surface area contributed by atoms with Crippen molar-refractivity contribution in [2.24, 2.45) is 0 Å². The molecule has 1 aliphatic rings. The van der Waals surface area contributed by atoms with Crippen molar-refractivity contribution in [1.82, 2.24) is 20.8 Å². The number of aryl methyl sites for hydroxylation is 1. The standard InChI is InChI=1S/C12H18N4O2/c1-8(17)13-5-4-12(18)15-10-3-2-9-7-14-16-11(9)6-10/h7,10H,2-6H2,1H3,(H,13,17)(H,14,16)(H,15,18)/t10-/m0/s1. The summed E-state index contributed by atoms with van der Waals surface area (Å²) in [6, 6.07) is 0.169. The molecular formula is C12H18N4O2. The Hall–Kier alpha value is -1.85. The molecule has 0 aliphatic heterocycles. The van der Waals surface area contributed by atoms with Gasteiger partial charge in [-0.1, -0.05) is 0 Å². The number of nitrogens with one attached hydrogen (secondary N) is 3. The molecule has 6 nitrogen and oxygen atoms in total. The number of H-pyrrole nitrogens is 1. The smallest absolute Gasteiger partial charge is 0.221 e. The molecule has 0 spiro atoms. The van der Waals surface area contributed by atoms with Crippen LogP contribution in [0.15, 0.2) is 6.20 Å². The van der Waals surface area contributed by atoms with Crippen LogP contribution in [0.25, 0.3) is 0 Å². The minimum atomic E-state index is -0.109. The van der Waals surface area contributed by atoms with Crippen LogP contribution in [0.4, 0.5) is 0 Å². The van der Waals surface area contributed by atoms with Crippen molar-refractivity contribution in [1.29, 1.82) is 0 Å². The molecule has 0 fully saturated rings. The molecule has 6 heteroatoms. The number of nitrogens with zero attached hydrogens (tertiary/aromatic N) is 1. The van der Waals surface area contributed by atoms with Crippen LogP contribution in [0, 0.1) is 0 Å². The van der Waals surface area contributed by atoms with Crippen molar-refractivity contribution >= 4 is 11.8 Å². The van der Waals surface area contributed by atoms with Gasteiger partial charge in [-0.15, -0.1) is 0 Å². The van der Waals surface area contributed by atoms with Gasteiger partial charge in [0.1, 0.15) is 0 Å². The first kappa shape index (κ1) is 12.6. The van der Waals surface area contributed by atoms with E-state index in [1.807, 2.05) is 6.20 Å². The lowest BCUT2D eigenvalue weighted by molar-refractivity contribution is -0.122. The predicted molar refractivity (Wildman–Crippen MR) is 65.8 cm³/mol. The number of amides is 2.